The van der Waals surface area contributed by atoms with Crippen LogP contribution in [0.1, 0.15) is 23.4 Å². The minimum absolute atomic E-state index is 0.697. The maximum Gasteiger partial charge on any atom is 0.195 e. The van der Waals surface area contributed by atoms with Crippen LogP contribution in [0.15, 0.2) is 59.8 Å². The molecule has 1 aromatic heterocycles. The van der Waals surface area contributed by atoms with Crippen LogP contribution in [0.25, 0.3) is 5.69 Å². The van der Waals surface area contributed by atoms with E-state index in [-0.39, 0.29) is 0 Å². The van der Waals surface area contributed by atoms with Crippen molar-refractivity contribution in [2.24, 2.45) is 5.73 Å². The molecule has 3 rings (SSSR count). The van der Waals surface area contributed by atoms with E-state index in [1.54, 1.807) is 11.8 Å². The van der Waals surface area contributed by atoms with Crippen molar-refractivity contribution in [2.45, 2.75) is 24.9 Å². The Kier molecular flexibility index (Phi) is 5.67. The van der Waals surface area contributed by atoms with Gasteiger partial charge in [0, 0.05) is 17.9 Å². The lowest BCUT2D eigenvalue weighted by molar-refractivity contribution is 0.843. The van der Waals surface area contributed by atoms with Gasteiger partial charge in [-0.05, 0) is 43.1 Å². The normalized spacial score (nSPS) is 10.9. The van der Waals surface area contributed by atoms with Crippen LogP contribution in [0.2, 0.25) is 0 Å². The molecule has 0 aliphatic rings. The molecule has 0 aliphatic heterocycles. The molecule has 3 aromatic rings. The fourth-order valence-electron chi connectivity index (χ4n) is 2.56. The van der Waals surface area contributed by atoms with Gasteiger partial charge in [-0.1, -0.05) is 54.2 Å². The van der Waals surface area contributed by atoms with Crippen LogP contribution in [0.3, 0.4) is 0 Å². The Balaban J connectivity index is 1.96. The zero-order chi connectivity index (χ0) is 16.8. The Morgan fingerprint density at radius 1 is 1.04 bits per heavy atom. The number of rotatable bonds is 7. The number of aromatic nitrogens is 3. The molecule has 0 unspecified atom stereocenters. The highest BCUT2D eigenvalue weighted by molar-refractivity contribution is 7.99. The molecule has 0 fully saturated rings. The molecule has 4 nitrogen and oxygen atoms in total. The van der Waals surface area contributed by atoms with Gasteiger partial charge in [-0.25, -0.2) is 0 Å². The lowest BCUT2D eigenvalue weighted by Gasteiger charge is -2.11. The monoisotopic (exact) mass is 338 g/mol. The number of hydrogen-bond donors (Lipinski definition) is 1. The predicted octanol–water partition coefficient (Wildman–Crippen LogP) is 3.61. The van der Waals surface area contributed by atoms with Crippen LogP contribution in [0, 0.1) is 6.92 Å². The van der Waals surface area contributed by atoms with Gasteiger partial charge in [-0.2, -0.15) is 0 Å². The SMILES string of the molecule is Cc1cccc(-n2c(Cc3ccccc3)nnc2SCCCN)c1. The Morgan fingerprint density at radius 2 is 1.88 bits per heavy atom. The third kappa shape index (κ3) is 4.04. The van der Waals surface area contributed by atoms with E-state index >= 15 is 0 Å². The zero-order valence-electron chi connectivity index (χ0n) is 13.9. The van der Waals surface area contributed by atoms with Crippen molar-refractivity contribution in [3.8, 4) is 5.69 Å². The molecule has 0 saturated heterocycles. The Bertz CT molecular complexity index is 783. The molecule has 124 valence electrons. The van der Waals surface area contributed by atoms with Gasteiger partial charge in [-0.3, -0.25) is 4.57 Å². The minimum atomic E-state index is 0.697. The lowest BCUT2D eigenvalue weighted by atomic mass is 10.1. The molecule has 0 saturated carbocycles. The first-order chi connectivity index (χ1) is 11.8. The fraction of sp³-hybridized carbons (Fsp3) is 0.263. The van der Waals surface area contributed by atoms with Crippen molar-refractivity contribution in [2.75, 3.05) is 12.3 Å². The van der Waals surface area contributed by atoms with Gasteiger partial charge in [0.1, 0.15) is 5.82 Å². The van der Waals surface area contributed by atoms with Gasteiger partial charge in [0.2, 0.25) is 0 Å². The van der Waals surface area contributed by atoms with Crippen LogP contribution in [-0.2, 0) is 6.42 Å². The third-order valence-electron chi connectivity index (χ3n) is 3.74. The van der Waals surface area contributed by atoms with Crippen LogP contribution in [0.4, 0.5) is 0 Å². The molecule has 0 bridgehead atoms. The summed E-state index contributed by atoms with van der Waals surface area (Å²) >= 11 is 1.71. The van der Waals surface area contributed by atoms with E-state index in [4.69, 9.17) is 5.73 Å². The quantitative estimate of drug-likeness (QED) is 0.528. The van der Waals surface area contributed by atoms with Crippen LogP contribution in [0.5, 0.6) is 0 Å². The van der Waals surface area contributed by atoms with Crippen molar-refractivity contribution in [3.05, 3.63) is 71.5 Å². The van der Waals surface area contributed by atoms with Crippen molar-refractivity contribution < 1.29 is 0 Å². The fourth-order valence-corrected chi connectivity index (χ4v) is 3.49. The first-order valence-corrected chi connectivity index (χ1v) is 9.14. The smallest absolute Gasteiger partial charge is 0.195 e. The Morgan fingerprint density at radius 3 is 2.62 bits per heavy atom. The summed E-state index contributed by atoms with van der Waals surface area (Å²) in [7, 11) is 0. The molecule has 0 spiro atoms. The van der Waals surface area contributed by atoms with Crippen molar-refractivity contribution in [1.29, 1.82) is 0 Å². The maximum atomic E-state index is 5.61. The van der Waals surface area contributed by atoms with E-state index in [1.807, 2.05) is 6.07 Å². The predicted molar refractivity (Wildman–Crippen MR) is 99.7 cm³/mol. The summed E-state index contributed by atoms with van der Waals surface area (Å²) < 4.78 is 2.17. The molecule has 1 heterocycles. The van der Waals surface area contributed by atoms with Crippen molar-refractivity contribution >= 4 is 11.8 Å². The van der Waals surface area contributed by atoms with Crippen molar-refractivity contribution in [3.63, 3.8) is 0 Å². The first-order valence-electron chi connectivity index (χ1n) is 8.16. The molecule has 2 aromatic carbocycles. The van der Waals surface area contributed by atoms with Gasteiger partial charge in [0.25, 0.3) is 0 Å². The maximum absolute atomic E-state index is 5.61. The van der Waals surface area contributed by atoms with Crippen molar-refractivity contribution in [1.82, 2.24) is 14.8 Å². The zero-order valence-corrected chi connectivity index (χ0v) is 14.7. The molecule has 24 heavy (non-hydrogen) atoms. The second kappa shape index (κ2) is 8.13. The number of thioether (sulfide) groups is 1. The lowest BCUT2D eigenvalue weighted by Crippen LogP contribution is -2.05. The summed E-state index contributed by atoms with van der Waals surface area (Å²) in [6.07, 6.45) is 1.73. The highest BCUT2D eigenvalue weighted by Gasteiger charge is 2.14. The summed E-state index contributed by atoms with van der Waals surface area (Å²) in [6, 6.07) is 18.8. The molecular formula is C19H22N4S. The van der Waals surface area contributed by atoms with Gasteiger partial charge >= 0.3 is 0 Å². The molecule has 2 N–H and O–H groups in total. The van der Waals surface area contributed by atoms with E-state index in [2.05, 4.69) is 70.2 Å². The topological polar surface area (TPSA) is 56.7 Å². The Hall–Kier alpha value is -2.11. The summed E-state index contributed by atoms with van der Waals surface area (Å²) in [5.41, 5.74) is 9.19. The van der Waals surface area contributed by atoms with Gasteiger partial charge in [-0.15, -0.1) is 10.2 Å². The van der Waals surface area contributed by atoms with E-state index in [1.165, 1.54) is 11.1 Å². The van der Waals surface area contributed by atoms with Gasteiger partial charge in [0.05, 0.1) is 0 Å². The highest BCUT2D eigenvalue weighted by Crippen LogP contribution is 2.24. The highest BCUT2D eigenvalue weighted by atomic mass is 32.2. The number of benzene rings is 2. The average molecular weight is 338 g/mol. The van der Waals surface area contributed by atoms with Crippen LogP contribution < -0.4 is 5.73 Å². The van der Waals surface area contributed by atoms with E-state index in [9.17, 15) is 0 Å². The summed E-state index contributed by atoms with van der Waals surface area (Å²) in [6.45, 7) is 2.80. The number of hydrogen-bond acceptors (Lipinski definition) is 4. The number of aryl methyl sites for hydroxylation is 1. The Labute approximate surface area is 147 Å². The molecular weight excluding hydrogens is 316 g/mol. The third-order valence-corrected chi connectivity index (χ3v) is 4.76. The van der Waals surface area contributed by atoms with Gasteiger partial charge < -0.3 is 5.73 Å². The van der Waals surface area contributed by atoms with E-state index in [0.717, 1.165) is 35.3 Å². The summed E-state index contributed by atoms with van der Waals surface area (Å²) in [5, 5.41) is 9.81. The van der Waals surface area contributed by atoms with Gasteiger partial charge in [0.15, 0.2) is 5.16 Å². The molecule has 0 aliphatic carbocycles. The number of nitrogens with two attached hydrogens (primary N) is 1. The van der Waals surface area contributed by atoms with Crippen LogP contribution in [-0.4, -0.2) is 27.1 Å². The minimum Gasteiger partial charge on any atom is -0.330 e. The number of nitrogens with zero attached hydrogens (tertiary/aromatic N) is 3. The summed E-state index contributed by atoms with van der Waals surface area (Å²) in [5.74, 6) is 1.91. The molecule has 0 amide bonds. The standard InChI is InChI=1S/C19H22N4S/c1-15-7-5-10-17(13-15)23-18(14-16-8-3-2-4-9-16)21-22-19(23)24-12-6-11-20/h2-5,7-10,13H,6,11-12,14,20H2,1H3. The largest absolute Gasteiger partial charge is 0.330 e. The van der Waals surface area contributed by atoms with E-state index in [0.29, 0.717) is 6.54 Å². The van der Waals surface area contributed by atoms with Crippen LogP contribution >= 0.6 is 11.8 Å². The second-order valence-corrected chi connectivity index (χ2v) is 6.79. The molecule has 5 heteroatoms. The first kappa shape index (κ1) is 16.7. The average Bonchev–Trinajstić information content (AvgIpc) is 2.98. The molecule has 0 radical (unpaired) electrons. The second-order valence-electron chi connectivity index (χ2n) is 5.73. The summed E-state index contributed by atoms with van der Waals surface area (Å²) in [4.78, 5) is 0. The van der Waals surface area contributed by atoms with E-state index < -0.39 is 0 Å². The molecule has 0 atom stereocenters.